The highest BCUT2D eigenvalue weighted by atomic mass is 16.5. The van der Waals surface area contributed by atoms with Gasteiger partial charge >= 0.3 is 0 Å². The fourth-order valence-electron chi connectivity index (χ4n) is 3.90. The van der Waals surface area contributed by atoms with Crippen molar-refractivity contribution in [2.45, 2.75) is 65.3 Å². The minimum atomic E-state index is -0.625. The molecule has 5 nitrogen and oxygen atoms in total. The van der Waals surface area contributed by atoms with E-state index in [1.807, 2.05) is 18.2 Å². The third-order valence-electron chi connectivity index (χ3n) is 5.68. The lowest BCUT2D eigenvalue weighted by Crippen LogP contribution is -2.38. The molecule has 166 valence electrons. The summed E-state index contributed by atoms with van der Waals surface area (Å²) in [5.41, 5.74) is 4.28. The monoisotopic (exact) mass is 422 g/mol. The molecule has 3 rings (SSSR count). The molecule has 1 N–H and O–H groups in total. The van der Waals surface area contributed by atoms with Crippen LogP contribution >= 0.6 is 0 Å². The van der Waals surface area contributed by atoms with Gasteiger partial charge in [-0.2, -0.15) is 0 Å². The highest BCUT2D eigenvalue weighted by Gasteiger charge is 2.37. The molecular formula is C26H34N2O3. The summed E-state index contributed by atoms with van der Waals surface area (Å²) in [4.78, 5) is 26.5. The molecule has 0 radical (unpaired) electrons. The minimum Gasteiger partial charge on any atom is -0.492 e. The number of ether oxygens (including phenoxy) is 1. The van der Waals surface area contributed by atoms with Gasteiger partial charge in [0.2, 0.25) is 5.91 Å². The van der Waals surface area contributed by atoms with Gasteiger partial charge in [0.15, 0.2) is 0 Å². The van der Waals surface area contributed by atoms with Gasteiger partial charge in [0.25, 0.3) is 5.91 Å². The second-order valence-electron chi connectivity index (χ2n) is 9.24. The molecule has 0 bridgehead atoms. The van der Waals surface area contributed by atoms with Crippen molar-refractivity contribution in [3.63, 3.8) is 0 Å². The van der Waals surface area contributed by atoms with E-state index in [2.05, 4.69) is 57.3 Å². The summed E-state index contributed by atoms with van der Waals surface area (Å²) in [6.07, 6.45) is 3.19. The van der Waals surface area contributed by atoms with Crippen LogP contribution in [0.1, 0.15) is 70.2 Å². The van der Waals surface area contributed by atoms with E-state index in [0.29, 0.717) is 13.2 Å². The van der Waals surface area contributed by atoms with E-state index < -0.39 is 6.04 Å². The number of anilines is 1. The highest BCUT2D eigenvalue weighted by Crippen LogP contribution is 2.37. The molecular weight excluding hydrogens is 388 g/mol. The topological polar surface area (TPSA) is 58.6 Å². The Bertz CT molecular complexity index is 929. The number of fused-ring (bicyclic) bond motifs is 1. The number of hydrogen-bond acceptors (Lipinski definition) is 3. The van der Waals surface area contributed by atoms with Crippen LogP contribution in [0.3, 0.4) is 0 Å². The predicted molar refractivity (Wildman–Crippen MR) is 125 cm³/mol. The predicted octanol–water partition coefficient (Wildman–Crippen LogP) is 4.93. The van der Waals surface area contributed by atoms with Crippen LogP contribution in [0.2, 0.25) is 0 Å². The zero-order chi connectivity index (χ0) is 22.6. The van der Waals surface area contributed by atoms with Crippen LogP contribution in [0.5, 0.6) is 5.75 Å². The lowest BCUT2D eigenvalue weighted by atomic mass is 9.87. The summed E-state index contributed by atoms with van der Waals surface area (Å²) in [7, 11) is 0. The first-order valence-corrected chi connectivity index (χ1v) is 11.2. The Kier molecular flexibility index (Phi) is 7.04. The van der Waals surface area contributed by atoms with Gasteiger partial charge in [-0.25, -0.2) is 0 Å². The van der Waals surface area contributed by atoms with E-state index in [1.165, 1.54) is 18.1 Å². The SMILES string of the molecule is CCCCc1ccc2c(c1)C(NC(C)=O)C(=O)N2CCOc1ccc(C(C)(C)C)cc1. The van der Waals surface area contributed by atoms with Crippen LogP contribution in [-0.2, 0) is 21.4 Å². The van der Waals surface area contributed by atoms with Gasteiger partial charge in [-0.05, 0) is 47.6 Å². The molecule has 2 amide bonds. The number of aryl methyl sites for hydroxylation is 1. The number of benzene rings is 2. The fraction of sp³-hybridized carbons (Fsp3) is 0.462. The first kappa shape index (κ1) is 22.9. The first-order chi connectivity index (χ1) is 14.7. The number of hydrogen-bond donors (Lipinski definition) is 1. The van der Waals surface area contributed by atoms with Crippen molar-refractivity contribution in [1.82, 2.24) is 5.32 Å². The Morgan fingerprint density at radius 2 is 1.84 bits per heavy atom. The molecule has 1 atom stereocenters. The van der Waals surface area contributed by atoms with Crippen LogP contribution < -0.4 is 15.0 Å². The second-order valence-corrected chi connectivity index (χ2v) is 9.24. The molecule has 31 heavy (non-hydrogen) atoms. The van der Waals surface area contributed by atoms with Crippen LogP contribution in [0.4, 0.5) is 5.69 Å². The maximum atomic E-state index is 13.1. The maximum Gasteiger partial charge on any atom is 0.254 e. The van der Waals surface area contributed by atoms with E-state index in [1.54, 1.807) is 4.90 Å². The summed E-state index contributed by atoms with van der Waals surface area (Å²) in [5, 5.41) is 2.82. The van der Waals surface area contributed by atoms with E-state index in [4.69, 9.17) is 4.74 Å². The van der Waals surface area contributed by atoms with Gasteiger partial charge in [0.05, 0.1) is 6.54 Å². The molecule has 1 unspecified atom stereocenters. The van der Waals surface area contributed by atoms with Gasteiger partial charge in [0.1, 0.15) is 18.4 Å². The molecule has 0 saturated heterocycles. The molecule has 2 aromatic rings. The highest BCUT2D eigenvalue weighted by molar-refractivity contribution is 6.06. The van der Waals surface area contributed by atoms with Gasteiger partial charge in [-0.15, -0.1) is 0 Å². The average Bonchev–Trinajstić information content (AvgIpc) is 2.97. The Labute approximate surface area is 185 Å². The number of unbranched alkanes of at least 4 members (excludes halogenated alkanes) is 1. The zero-order valence-corrected chi connectivity index (χ0v) is 19.3. The van der Waals surface area contributed by atoms with E-state index in [0.717, 1.165) is 36.3 Å². The van der Waals surface area contributed by atoms with Crippen molar-refractivity contribution in [2.75, 3.05) is 18.1 Å². The number of amides is 2. The van der Waals surface area contributed by atoms with Crippen LogP contribution in [0.25, 0.3) is 0 Å². The van der Waals surface area contributed by atoms with Crippen LogP contribution in [0, 0.1) is 0 Å². The molecule has 1 aliphatic heterocycles. The Morgan fingerprint density at radius 1 is 1.13 bits per heavy atom. The first-order valence-electron chi connectivity index (χ1n) is 11.2. The van der Waals surface area contributed by atoms with Gasteiger partial charge in [-0.1, -0.05) is 58.4 Å². The lowest BCUT2D eigenvalue weighted by molar-refractivity contribution is -0.126. The number of nitrogens with zero attached hydrogens (tertiary/aromatic N) is 1. The second kappa shape index (κ2) is 9.54. The lowest BCUT2D eigenvalue weighted by Gasteiger charge is -2.20. The summed E-state index contributed by atoms with van der Waals surface area (Å²) in [6, 6.07) is 13.6. The smallest absolute Gasteiger partial charge is 0.254 e. The van der Waals surface area contributed by atoms with Crippen molar-refractivity contribution >= 4 is 17.5 Å². The molecule has 0 aromatic heterocycles. The van der Waals surface area contributed by atoms with Crippen molar-refractivity contribution in [3.8, 4) is 5.75 Å². The fourth-order valence-corrected chi connectivity index (χ4v) is 3.90. The molecule has 1 heterocycles. The Morgan fingerprint density at radius 3 is 2.45 bits per heavy atom. The Hall–Kier alpha value is -2.82. The van der Waals surface area contributed by atoms with E-state index >= 15 is 0 Å². The largest absolute Gasteiger partial charge is 0.492 e. The number of carbonyl (C=O) groups excluding carboxylic acids is 2. The quantitative estimate of drug-likeness (QED) is 0.656. The molecule has 0 aliphatic carbocycles. The normalized spacial score (nSPS) is 15.7. The van der Waals surface area contributed by atoms with Crippen LogP contribution in [0.15, 0.2) is 42.5 Å². The molecule has 2 aromatic carbocycles. The third-order valence-corrected chi connectivity index (χ3v) is 5.68. The summed E-state index contributed by atoms with van der Waals surface area (Å²) < 4.78 is 5.91. The standard InChI is InChI=1S/C26H34N2O3/c1-6-7-8-19-9-14-23-22(17-19)24(27-18(2)29)25(30)28(23)15-16-31-21-12-10-20(11-13-21)26(3,4)5/h9-14,17,24H,6-8,15-16H2,1-5H3,(H,27,29). The maximum absolute atomic E-state index is 13.1. The third kappa shape index (κ3) is 5.46. The van der Waals surface area contributed by atoms with Crippen molar-refractivity contribution in [2.24, 2.45) is 0 Å². The van der Waals surface area contributed by atoms with Crippen molar-refractivity contribution in [3.05, 3.63) is 59.2 Å². The summed E-state index contributed by atoms with van der Waals surface area (Å²) in [6.45, 7) is 11.0. The number of carbonyl (C=O) groups is 2. The average molecular weight is 423 g/mol. The molecule has 0 fully saturated rings. The van der Waals surface area contributed by atoms with Crippen molar-refractivity contribution in [1.29, 1.82) is 0 Å². The Balaban J connectivity index is 1.71. The molecule has 0 spiro atoms. The van der Waals surface area contributed by atoms with Gasteiger partial charge in [-0.3, -0.25) is 9.59 Å². The van der Waals surface area contributed by atoms with Gasteiger partial charge in [0, 0.05) is 18.2 Å². The van der Waals surface area contributed by atoms with Crippen LogP contribution in [-0.4, -0.2) is 25.0 Å². The summed E-state index contributed by atoms with van der Waals surface area (Å²) >= 11 is 0. The number of nitrogens with one attached hydrogen (secondary N) is 1. The number of rotatable bonds is 8. The van der Waals surface area contributed by atoms with E-state index in [9.17, 15) is 9.59 Å². The minimum absolute atomic E-state index is 0.0961. The molecule has 1 aliphatic rings. The van der Waals surface area contributed by atoms with Gasteiger partial charge < -0.3 is 15.0 Å². The van der Waals surface area contributed by atoms with Crippen molar-refractivity contribution < 1.29 is 14.3 Å². The molecule has 5 heteroatoms. The van der Waals surface area contributed by atoms with E-state index in [-0.39, 0.29) is 17.2 Å². The molecule has 0 saturated carbocycles. The summed E-state index contributed by atoms with van der Waals surface area (Å²) in [5.74, 6) is 0.470. The zero-order valence-electron chi connectivity index (χ0n) is 19.3.